The Hall–Kier alpha value is -3.76. The molecular weight excluding hydrogens is 578 g/mol. The number of halogens is 1. The lowest BCUT2D eigenvalue weighted by molar-refractivity contribution is -0.140. The lowest BCUT2D eigenvalue weighted by Gasteiger charge is -2.34. The molecule has 0 bridgehead atoms. The van der Waals surface area contributed by atoms with Crippen LogP contribution in [-0.2, 0) is 32.6 Å². The van der Waals surface area contributed by atoms with E-state index < -0.39 is 28.5 Å². The molecule has 1 heterocycles. The zero-order valence-electron chi connectivity index (χ0n) is 24.0. The average molecular weight is 614 g/mol. The predicted molar refractivity (Wildman–Crippen MR) is 163 cm³/mol. The quantitative estimate of drug-likeness (QED) is 0.298. The van der Waals surface area contributed by atoms with Crippen LogP contribution >= 0.6 is 11.6 Å². The van der Waals surface area contributed by atoms with E-state index in [0.29, 0.717) is 22.9 Å². The first-order chi connectivity index (χ1) is 20.1. The molecular formula is C31H36ClN3O6S. The number of sulfonamides is 1. The van der Waals surface area contributed by atoms with E-state index in [0.717, 1.165) is 15.4 Å². The number of rotatable bonds is 13. The number of carbonyl (C=O) groups is 2. The number of anilines is 1. The van der Waals surface area contributed by atoms with Crippen LogP contribution in [0.25, 0.3) is 0 Å². The lowest BCUT2D eigenvalue weighted by Crippen LogP contribution is -2.54. The van der Waals surface area contributed by atoms with Gasteiger partial charge in [-0.3, -0.25) is 13.9 Å². The molecule has 0 unspecified atom stereocenters. The van der Waals surface area contributed by atoms with Crippen molar-refractivity contribution >= 4 is 39.1 Å². The summed E-state index contributed by atoms with van der Waals surface area (Å²) in [4.78, 5) is 29.5. The van der Waals surface area contributed by atoms with Crippen molar-refractivity contribution in [1.82, 2.24) is 10.2 Å². The van der Waals surface area contributed by atoms with Crippen molar-refractivity contribution in [3.05, 3.63) is 88.9 Å². The van der Waals surface area contributed by atoms with Crippen LogP contribution in [0, 0.1) is 0 Å². The van der Waals surface area contributed by atoms with E-state index in [4.69, 9.17) is 21.1 Å². The van der Waals surface area contributed by atoms with Gasteiger partial charge in [0.25, 0.3) is 0 Å². The molecule has 0 fully saturated rings. The molecule has 42 heavy (non-hydrogen) atoms. The summed E-state index contributed by atoms with van der Waals surface area (Å²) in [6.07, 6.45) is 0.953. The van der Waals surface area contributed by atoms with Gasteiger partial charge in [-0.25, -0.2) is 8.42 Å². The van der Waals surface area contributed by atoms with Gasteiger partial charge in [-0.05, 0) is 55.7 Å². The van der Waals surface area contributed by atoms with Gasteiger partial charge < -0.3 is 19.7 Å². The van der Waals surface area contributed by atoms with Gasteiger partial charge >= 0.3 is 0 Å². The number of nitrogens with one attached hydrogen (secondary N) is 1. The lowest BCUT2D eigenvalue weighted by atomic mass is 10.0. The molecule has 0 radical (unpaired) electrons. The molecule has 0 aromatic heterocycles. The molecule has 1 N–H and O–H groups in total. The van der Waals surface area contributed by atoms with Gasteiger partial charge in [0, 0.05) is 30.1 Å². The largest absolute Gasteiger partial charge is 0.454 e. The second-order valence-corrected chi connectivity index (χ2v) is 12.7. The highest BCUT2D eigenvalue weighted by Crippen LogP contribution is 2.36. The fourth-order valence-electron chi connectivity index (χ4n) is 4.54. The molecule has 9 nitrogen and oxygen atoms in total. The molecule has 3 aromatic rings. The zero-order chi connectivity index (χ0) is 30.3. The van der Waals surface area contributed by atoms with E-state index in [1.807, 2.05) is 44.2 Å². The topological polar surface area (TPSA) is 105 Å². The third kappa shape index (κ3) is 7.74. The standard InChI is InChI=1S/C31H36ClN3O6S/c1-4-22(3)33-31(37)27(17-23-9-7-6-8-10-23)34(19-24-11-13-25(32)14-12-24)30(36)20-35(42(38,39)5-2)26-15-16-28-29(18-26)41-21-40-28/h6-16,18,22,27H,4-5,17,19-21H2,1-3H3,(H,33,37)/t22-,27-/m0/s1. The SMILES string of the molecule is CC[C@H](C)NC(=O)[C@H](Cc1ccccc1)N(Cc1ccc(Cl)cc1)C(=O)CN(c1ccc2c(c1)OCO2)S(=O)(=O)CC. The van der Waals surface area contributed by atoms with Crippen LogP contribution < -0.4 is 19.1 Å². The van der Waals surface area contributed by atoms with Gasteiger partial charge in [0.1, 0.15) is 12.6 Å². The van der Waals surface area contributed by atoms with Gasteiger partial charge in [-0.2, -0.15) is 0 Å². The van der Waals surface area contributed by atoms with Crippen molar-refractivity contribution in [3.63, 3.8) is 0 Å². The maximum atomic E-state index is 14.2. The molecule has 0 aliphatic carbocycles. The molecule has 2 amide bonds. The summed E-state index contributed by atoms with van der Waals surface area (Å²) in [7, 11) is -3.89. The first kappa shape index (κ1) is 31.2. The highest BCUT2D eigenvalue weighted by atomic mass is 35.5. The summed E-state index contributed by atoms with van der Waals surface area (Å²) in [6.45, 7) is 4.97. The number of ether oxygens (including phenoxy) is 2. The number of carbonyl (C=O) groups excluding carboxylic acids is 2. The first-order valence-corrected chi connectivity index (χ1v) is 15.9. The van der Waals surface area contributed by atoms with Crippen molar-refractivity contribution in [3.8, 4) is 11.5 Å². The summed E-state index contributed by atoms with van der Waals surface area (Å²) >= 11 is 6.11. The Morgan fingerprint density at radius 1 is 0.952 bits per heavy atom. The Morgan fingerprint density at radius 2 is 1.64 bits per heavy atom. The summed E-state index contributed by atoms with van der Waals surface area (Å²) < 4.78 is 38.5. The number of hydrogen-bond acceptors (Lipinski definition) is 6. The third-order valence-electron chi connectivity index (χ3n) is 7.16. The smallest absolute Gasteiger partial charge is 0.244 e. The Labute approximate surface area is 252 Å². The number of nitrogens with zero attached hydrogens (tertiary/aromatic N) is 2. The number of benzene rings is 3. The molecule has 0 spiro atoms. The molecule has 2 atom stereocenters. The minimum Gasteiger partial charge on any atom is -0.454 e. The van der Waals surface area contributed by atoms with E-state index >= 15 is 0 Å². The minimum absolute atomic E-state index is 0.0274. The van der Waals surface area contributed by atoms with Crippen LogP contribution in [0.4, 0.5) is 5.69 Å². The summed E-state index contributed by atoms with van der Waals surface area (Å²) in [6, 6.07) is 20.1. The average Bonchev–Trinajstić information content (AvgIpc) is 3.47. The number of amides is 2. The van der Waals surface area contributed by atoms with Crippen LogP contribution in [0.15, 0.2) is 72.8 Å². The predicted octanol–water partition coefficient (Wildman–Crippen LogP) is 4.78. The Bertz CT molecular complexity index is 1480. The highest BCUT2D eigenvalue weighted by Gasteiger charge is 2.34. The van der Waals surface area contributed by atoms with Crippen molar-refractivity contribution in [2.24, 2.45) is 0 Å². The number of fused-ring (bicyclic) bond motifs is 1. The molecule has 11 heteroatoms. The maximum absolute atomic E-state index is 14.2. The van der Waals surface area contributed by atoms with Crippen LogP contribution in [0.2, 0.25) is 5.02 Å². The second-order valence-electron chi connectivity index (χ2n) is 10.1. The molecule has 0 saturated heterocycles. The molecule has 224 valence electrons. The maximum Gasteiger partial charge on any atom is 0.244 e. The number of hydrogen-bond donors (Lipinski definition) is 1. The zero-order valence-corrected chi connectivity index (χ0v) is 25.5. The fourth-order valence-corrected chi connectivity index (χ4v) is 5.72. The van der Waals surface area contributed by atoms with E-state index in [-0.39, 0.29) is 43.1 Å². The van der Waals surface area contributed by atoms with E-state index in [1.54, 1.807) is 42.5 Å². The van der Waals surface area contributed by atoms with Crippen LogP contribution in [-0.4, -0.2) is 56.3 Å². The van der Waals surface area contributed by atoms with Crippen LogP contribution in [0.3, 0.4) is 0 Å². The second kappa shape index (κ2) is 13.9. The van der Waals surface area contributed by atoms with Crippen molar-refractivity contribution in [2.45, 2.75) is 52.2 Å². The molecule has 0 saturated carbocycles. The van der Waals surface area contributed by atoms with Crippen molar-refractivity contribution in [2.75, 3.05) is 23.4 Å². The minimum atomic E-state index is -3.89. The summed E-state index contributed by atoms with van der Waals surface area (Å²) in [5.41, 5.74) is 1.88. The van der Waals surface area contributed by atoms with E-state index in [2.05, 4.69) is 5.32 Å². The van der Waals surface area contributed by atoms with Crippen LogP contribution in [0.5, 0.6) is 11.5 Å². The molecule has 1 aliphatic rings. The Morgan fingerprint density at radius 3 is 2.31 bits per heavy atom. The van der Waals surface area contributed by atoms with Crippen molar-refractivity contribution in [1.29, 1.82) is 0 Å². The van der Waals surface area contributed by atoms with Gasteiger partial charge in [0.15, 0.2) is 11.5 Å². The molecule has 4 rings (SSSR count). The summed E-state index contributed by atoms with van der Waals surface area (Å²) in [5.74, 6) is -0.186. The van der Waals surface area contributed by atoms with Crippen molar-refractivity contribution < 1.29 is 27.5 Å². The molecule has 3 aromatic carbocycles. The Balaban J connectivity index is 1.74. The summed E-state index contributed by atoms with van der Waals surface area (Å²) in [5, 5.41) is 3.56. The van der Waals surface area contributed by atoms with E-state index in [9.17, 15) is 18.0 Å². The normalized spacial score (nSPS) is 13.7. The van der Waals surface area contributed by atoms with E-state index in [1.165, 1.54) is 11.8 Å². The highest BCUT2D eigenvalue weighted by molar-refractivity contribution is 7.92. The van der Waals surface area contributed by atoms with Gasteiger partial charge in [0.2, 0.25) is 28.6 Å². The monoisotopic (exact) mass is 613 g/mol. The van der Waals surface area contributed by atoms with Gasteiger partial charge in [-0.1, -0.05) is 61.0 Å². The van der Waals surface area contributed by atoms with Gasteiger partial charge in [-0.15, -0.1) is 0 Å². The first-order valence-electron chi connectivity index (χ1n) is 13.9. The van der Waals surface area contributed by atoms with Crippen LogP contribution in [0.1, 0.15) is 38.3 Å². The fraction of sp³-hybridized carbons (Fsp3) is 0.355. The third-order valence-corrected chi connectivity index (χ3v) is 9.15. The Kier molecular flexibility index (Phi) is 10.3. The van der Waals surface area contributed by atoms with Gasteiger partial charge in [0.05, 0.1) is 11.4 Å². The molecule has 1 aliphatic heterocycles.